The average molecular weight is 781 g/mol. The summed E-state index contributed by atoms with van der Waals surface area (Å²) in [5, 5.41) is 9.30. The maximum atomic E-state index is 14.3. The molecule has 0 bridgehead atoms. The Morgan fingerprint density at radius 3 is 2.40 bits per heavy atom. The van der Waals surface area contributed by atoms with Gasteiger partial charge in [-0.15, -0.1) is 5.10 Å². The van der Waals surface area contributed by atoms with Crippen LogP contribution in [0.15, 0.2) is 65.7 Å². The summed E-state index contributed by atoms with van der Waals surface area (Å²) in [4.78, 5) is 67.5. The second-order valence-corrected chi connectivity index (χ2v) is 13.3. The Kier molecular flexibility index (Phi) is 10.2. The lowest BCUT2D eigenvalue weighted by Crippen LogP contribution is -2.52. The molecule has 286 valence electrons. The third-order valence-electron chi connectivity index (χ3n) is 9.50. The van der Waals surface area contributed by atoms with E-state index in [1.807, 2.05) is 11.0 Å². The van der Waals surface area contributed by atoms with Crippen LogP contribution in [0.2, 0.25) is 5.02 Å². The van der Waals surface area contributed by atoms with Crippen LogP contribution in [0.1, 0.15) is 39.7 Å². The number of carbonyl (C=O) groups excluding carboxylic acids is 3. The Balaban J connectivity index is 1.16. The molecule has 5 heterocycles. The summed E-state index contributed by atoms with van der Waals surface area (Å²) >= 11 is 6.13. The maximum Gasteiger partial charge on any atom is 0.416 e. The minimum atomic E-state index is -4.63. The second kappa shape index (κ2) is 15.0. The van der Waals surface area contributed by atoms with Crippen LogP contribution < -0.4 is 26.0 Å². The summed E-state index contributed by atoms with van der Waals surface area (Å²) in [6, 6.07) is 9.91. The molecule has 2 aliphatic rings. The molecule has 19 heteroatoms. The molecule has 0 saturated carbocycles. The second-order valence-electron chi connectivity index (χ2n) is 12.9. The zero-order valence-electron chi connectivity index (χ0n) is 29.2. The maximum absolute atomic E-state index is 14.3. The number of pyridine rings is 1. The summed E-state index contributed by atoms with van der Waals surface area (Å²) in [6.07, 6.45) is -0.939. The normalized spacial score (nSPS) is 14.3. The van der Waals surface area contributed by atoms with Gasteiger partial charge >= 0.3 is 6.18 Å². The number of amides is 3. The summed E-state index contributed by atoms with van der Waals surface area (Å²) in [7, 11) is 0. The molecule has 2 N–H and O–H groups in total. The molecule has 0 spiro atoms. The smallest absolute Gasteiger partial charge is 0.362 e. The van der Waals surface area contributed by atoms with Crippen molar-refractivity contribution in [1.82, 2.24) is 34.4 Å². The van der Waals surface area contributed by atoms with Crippen molar-refractivity contribution in [3.63, 3.8) is 0 Å². The van der Waals surface area contributed by atoms with Crippen LogP contribution in [-0.4, -0.2) is 79.5 Å². The molecular weight excluding hydrogens is 748 g/mol. The van der Waals surface area contributed by atoms with E-state index in [4.69, 9.17) is 16.6 Å². The highest BCUT2D eigenvalue weighted by Crippen LogP contribution is 2.34. The molecule has 0 aliphatic carbocycles. The van der Waals surface area contributed by atoms with E-state index in [0.29, 0.717) is 18.8 Å². The summed E-state index contributed by atoms with van der Waals surface area (Å²) in [5.74, 6) is -2.17. The van der Waals surface area contributed by atoms with E-state index in [0.717, 1.165) is 39.9 Å². The molecule has 1 saturated heterocycles. The van der Waals surface area contributed by atoms with E-state index in [2.05, 4.69) is 20.7 Å². The first-order chi connectivity index (χ1) is 26.3. The van der Waals surface area contributed by atoms with Gasteiger partial charge in [-0.1, -0.05) is 30.7 Å². The van der Waals surface area contributed by atoms with Gasteiger partial charge in [-0.2, -0.15) is 22.7 Å². The van der Waals surface area contributed by atoms with Crippen LogP contribution in [0.4, 0.5) is 34.9 Å². The van der Waals surface area contributed by atoms with Gasteiger partial charge in [0.2, 0.25) is 23.5 Å². The molecule has 2 aromatic carbocycles. The predicted octanol–water partition coefficient (Wildman–Crippen LogP) is 3.90. The Labute approximate surface area is 315 Å². The lowest BCUT2D eigenvalue weighted by molar-refractivity contribution is -0.137. The number of hydrogen-bond donors (Lipinski definition) is 2. The van der Waals surface area contributed by atoms with Crippen molar-refractivity contribution in [3.8, 4) is 0 Å². The first-order valence-electron chi connectivity index (χ1n) is 17.2. The van der Waals surface area contributed by atoms with Crippen molar-refractivity contribution in [2.45, 2.75) is 39.2 Å². The number of hydrogen-bond acceptors (Lipinski definition) is 9. The van der Waals surface area contributed by atoms with Crippen LogP contribution in [-0.2, 0) is 41.8 Å². The van der Waals surface area contributed by atoms with Crippen molar-refractivity contribution in [2.24, 2.45) is 0 Å². The van der Waals surface area contributed by atoms with Gasteiger partial charge in [0.1, 0.15) is 18.0 Å². The average Bonchev–Trinajstić information content (AvgIpc) is 3.81. The van der Waals surface area contributed by atoms with Crippen molar-refractivity contribution in [3.05, 3.63) is 110 Å². The zero-order chi connectivity index (χ0) is 39.0. The first kappa shape index (κ1) is 37.3. The number of piperazine rings is 1. The van der Waals surface area contributed by atoms with E-state index < -0.39 is 47.4 Å². The number of anilines is 3. The topological polar surface area (TPSA) is 150 Å². The molecule has 3 amide bonds. The molecule has 7 rings (SSSR count). The number of nitrogens with zero attached hydrogens (tertiary/aromatic N) is 8. The lowest BCUT2D eigenvalue weighted by atomic mass is 10.2. The predicted molar refractivity (Wildman–Crippen MR) is 193 cm³/mol. The molecule has 0 atom stereocenters. The summed E-state index contributed by atoms with van der Waals surface area (Å²) < 4.78 is 56.5. The number of aromatic nitrogens is 5. The molecular formula is C36H33ClF4N10O4. The lowest BCUT2D eigenvalue weighted by Gasteiger charge is -2.36. The summed E-state index contributed by atoms with van der Waals surface area (Å²) in [5.41, 5.74) is 0.981. The van der Waals surface area contributed by atoms with E-state index in [1.165, 1.54) is 23.1 Å². The SMILES string of the molecule is CCc1c(N2CCN(C(=O)CNC(=O)c3ccccc3F)CC2)c(=O)n2nc(N3Cc4ccncc4C3)nc2n1CC(=O)Nc1ccc(C(F)(F)F)cc1Cl. The number of rotatable bonds is 9. The molecule has 3 aromatic heterocycles. The minimum absolute atomic E-state index is 0.0357. The third kappa shape index (κ3) is 7.53. The number of halogens is 5. The fourth-order valence-electron chi connectivity index (χ4n) is 6.73. The first-order valence-corrected chi connectivity index (χ1v) is 17.6. The monoisotopic (exact) mass is 780 g/mol. The fraction of sp³-hybridized carbons (Fsp3) is 0.306. The largest absolute Gasteiger partial charge is 0.416 e. The highest BCUT2D eigenvalue weighted by molar-refractivity contribution is 6.33. The van der Waals surface area contributed by atoms with Crippen molar-refractivity contribution in [1.29, 1.82) is 0 Å². The Morgan fingerprint density at radius 1 is 0.964 bits per heavy atom. The van der Waals surface area contributed by atoms with Crippen LogP contribution >= 0.6 is 11.6 Å². The minimum Gasteiger partial charge on any atom is -0.362 e. The van der Waals surface area contributed by atoms with Crippen LogP contribution in [0.25, 0.3) is 5.78 Å². The number of nitrogens with one attached hydrogen (secondary N) is 2. The van der Waals surface area contributed by atoms with Gasteiger partial charge in [0.05, 0.1) is 34.1 Å². The van der Waals surface area contributed by atoms with Crippen molar-refractivity contribution < 1.29 is 31.9 Å². The number of fused-ring (bicyclic) bond motifs is 2. The van der Waals surface area contributed by atoms with E-state index >= 15 is 0 Å². The highest BCUT2D eigenvalue weighted by Gasteiger charge is 2.32. The standard InChI is InChI=1S/C36H33ClF4N10O4/c1-2-28-31(48-13-11-47(12-14-48)30(53)17-43-32(54)24-5-3-4-6-26(24)38)33(55)51-35(45-34(46-51)49-18-21-9-10-42-16-22(21)19-49)50(28)20-29(52)44-27-8-7-23(15-25(27)37)36(39,40)41/h3-10,15-16H,2,11-14,17-20H2,1H3,(H,43,54)(H,44,52). The van der Waals surface area contributed by atoms with Crippen LogP contribution in [0, 0.1) is 5.82 Å². The van der Waals surface area contributed by atoms with E-state index in [9.17, 15) is 36.7 Å². The zero-order valence-corrected chi connectivity index (χ0v) is 30.0. The van der Waals surface area contributed by atoms with Gasteiger partial charge in [-0.3, -0.25) is 24.2 Å². The van der Waals surface area contributed by atoms with Gasteiger partial charge in [0.25, 0.3) is 11.5 Å². The molecule has 55 heavy (non-hydrogen) atoms. The number of alkyl halides is 3. The van der Waals surface area contributed by atoms with Gasteiger partial charge in [-0.25, -0.2) is 4.39 Å². The quantitative estimate of drug-likeness (QED) is 0.213. The fourth-order valence-corrected chi connectivity index (χ4v) is 6.96. The third-order valence-corrected chi connectivity index (χ3v) is 9.81. The van der Waals surface area contributed by atoms with Gasteiger partial charge in [0, 0.05) is 51.7 Å². The molecule has 1 fully saturated rings. The number of carbonyl (C=O) groups is 3. The van der Waals surface area contributed by atoms with Crippen molar-refractivity contribution >= 4 is 52.4 Å². The van der Waals surface area contributed by atoms with E-state index in [-0.39, 0.29) is 72.8 Å². The molecule has 0 radical (unpaired) electrons. The molecule has 2 aliphatic heterocycles. The van der Waals surface area contributed by atoms with Crippen LogP contribution in [0.5, 0.6) is 0 Å². The van der Waals surface area contributed by atoms with Crippen LogP contribution in [0.3, 0.4) is 0 Å². The van der Waals surface area contributed by atoms with Crippen molar-refractivity contribution in [2.75, 3.05) is 47.8 Å². The summed E-state index contributed by atoms with van der Waals surface area (Å²) in [6.45, 7) is 2.73. The van der Waals surface area contributed by atoms with Gasteiger partial charge in [-0.05, 0) is 53.9 Å². The van der Waals surface area contributed by atoms with Gasteiger partial charge < -0.3 is 29.9 Å². The Bertz CT molecular complexity index is 2350. The Hall–Kier alpha value is -6.04. The molecule has 0 unspecified atom stereocenters. The Morgan fingerprint density at radius 2 is 1.71 bits per heavy atom. The molecule has 5 aromatic rings. The van der Waals surface area contributed by atoms with Gasteiger partial charge in [0.15, 0.2) is 0 Å². The number of benzene rings is 2. The van der Waals surface area contributed by atoms with E-state index in [1.54, 1.807) is 28.8 Å². The highest BCUT2D eigenvalue weighted by atomic mass is 35.5. The molecule has 14 nitrogen and oxygen atoms in total.